The number of halogens is 1. The summed E-state index contributed by atoms with van der Waals surface area (Å²) >= 11 is 1.79. The Hall–Kier alpha value is -0.870. The highest BCUT2D eigenvalue weighted by molar-refractivity contribution is 14.0. The van der Waals surface area contributed by atoms with Crippen LogP contribution < -0.4 is 10.6 Å². The van der Waals surface area contributed by atoms with Crippen molar-refractivity contribution in [2.75, 3.05) is 45.8 Å². The van der Waals surface area contributed by atoms with E-state index in [9.17, 15) is 4.79 Å². The Morgan fingerprint density at radius 3 is 2.52 bits per heavy atom. The third-order valence-corrected chi connectivity index (χ3v) is 5.47. The highest BCUT2D eigenvalue weighted by atomic mass is 127. The Kier molecular flexibility index (Phi) is 11.2. The van der Waals surface area contributed by atoms with Gasteiger partial charge in [0.2, 0.25) is 5.91 Å². The van der Waals surface area contributed by atoms with E-state index in [2.05, 4.69) is 51.8 Å². The molecule has 1 fully saturated rings. The lowest BCUT2D eigenvalue weighted by molar-refractivity contribution is -0.123. The van der Waals surface area contributed by atoms with E-state index in [4.69, 9.17) is 4.99 Å². The average Bonchev–Trinajstić information content (AvgIpc) is 3.13. The highest BCUT2D eigenvalue weighted by Gasteiger charge is 2.21. The van der Waals surface area contributed by atoms with Crippen molar-refractivity contribution in [1.82, 2.24) is 20.4 Å². The number of nitrogens with one attached hydrogen (secondary N) is 2. The van der Waals surface area contributed by atoms with E-state index < -0.39 is 0 Å². The van der Waals surface area contributed by atoms with Gasteiger partial charge in [0.15, 0.2) is 5.96 Å². The van der Waals surface area contributed by atoms with E-state index in [-0.39, 0.29) is 35.9 Å². The molecule has 1 amide bonds. The first-order valence-electron chi connectivity index (χ1n) is 9.58. The van der Waals surface area contributed by atoms with Crippen LogP contribution in [0.25, 0.3) is 0 Å². The van der Waals surface area contributed by atoms with Gasteiger partial charge in [-0.05, 0) is 32.2 Å². The first-order chi connectivity index (χ1) is 12.5. The van der Waals surface area contributed by atoms with Gasteiger partial charge in [-0.1, -0.05) is 13.0 Å². The summed E-state index contributed by atoms with van der Waals surface area (Å²) < 4.78 is 0. The van der Waals surface area contributed by atoms with Gasteiger partial charge < -0.3 is 15.5 Å². The van der Waals surface area contributed by atoms with Crippen LogP contribution in [0, 0.1) is 0 Å². The number of thiophene rings is 1. The molecule has 0 aliphatic carbocycles. The van der Waals surface area contributed by atoms with Crippen molar-refractivity contribution in [3.8, 4) is 0 Å². The average molecular weight is 507 g/mol. The molecular formula is C19H34IN5OS. The number of piperazine rings is 1. The number of rotatable bonds is 7. The normalized spacial score (nSPS) is 16.8. The van der Waals surface area contributed by atoms with Crippen LogP contribution in [0.5, 0.6) is 0 Å². The number of carbonyl (C=O) groups is 1. The predicted octanol–water partition coefficient (Wildman–Crippen LogP) is 2.58. The van der Waals surface area contributed by atoms with Gasteiger partial charge in [-0.15, -0.1) is 35.3 Å². The van der Waals surface area contributed by atoms with Gasteiger partial charge in [0.25, 0.3) is 0 Å². The summed E-state index contributed by atoms with van der Waals surface area (Å²) in [5.74, 6) is 1.53. The molecule has 27 heavy (non-hydrogen) atoms. The Bertz CT molecular complexity index is 571. The maximum atomic E-state index is 11.9. The van der Waals surface area contributed by atoms with Crippen molar-refractivity contribution in [2.24, 2.45) is 4.99 Å². The van der Waals surface area contributed by atoms with Crippen LogP contribution in [0.3, 0.4) is 0 Å². The minimum Gasteiger partial charge on any atom is -0.357 e. The summed E-state index contributed by atoms with van der Waals surface area (Å²) in [6.07, 6.45) is 0. The first-order valence-corrected chi connectivity index (χ1v) is 10.5. The van der Waals surface area contributed by atoms with Crippen molar-refractivity contribution in [1.29, 1.82) is 0 Å². The monoisotopic (exact) mass is 507 g/mol. The van der Waals surface area contributed by atoms with Crippen LogP contribution in [0.2, 0.25) is 0 Å². The van der Waals surface area contributed by atoms with Gasteiger partial charge in [0, 0.05) is 49.6 Å². The fraction of sp³-hybridized carbons (Fsp3) is 0.684. The molecule has 1 aliphatic heterocycles. The standard InChI is InChI=1S/C19H33N5OS.HI/c1-5-20-19(21-13-16(4)17-7-6-12-26-17)24-10-8-23(9-11-24)14-18(25)22-15(2)3;/h6-7,12,15-16H,5,8-11,13-14H2,1-4H3,(H,20,21)(H,22,25);1H. The molecule has 1 atom stereocenters. The second-order valence-corrected chi connectivity index (χ2v) is 8.08. The molecule has 2 heterocycles. The number of nitrogens with zero attached hydrogens (tertiary/aromatic N) is 3. The van der Waals surface area contributed by atoms with Crippen LogP contribution in [0.15, 0.2) is 22.5 Å². The predicted molar refractivity (Wildman–Crippen MR) is 125 cm³/mol. The van der Waals surface area contributed by atoms with E-state index in [0.29, 0.717) is 12.5 Å². The van der Waals surface area contributed by atoms with Gasteiger partial charge in [0.05, 0.1) is 13.1 Å². The Labute approximate surface area is 184 Å². The van der Waals surface area contributed by atoms with E-state index >= 15 is 0 Å². The molecule has 1 saturated heterocycles. The zero-order valence-electron chi connectivity index (χ0n) is 16.9. The molecule has 0 bridgehead atoms. The number of amides is 1. The molecule has 1 unspecified atom stereocenters. The Morgan fingerprint density at radius 2 is 1.96 bits per heavy atom. The van der Waals surface area contributed by atoms with Crippen LogP contribution in [-0.4, -0.2) is 73.5 Å². The fourth-order valence-corrected chi connectivity index (χ4v) is 3.78. The molecule has 0 saturated carbocycles. The molecule has 0 radical (unpaired) electrons. The van der Waals surface area contributed by atoms with Crippen molar-refractivity contribution in [3.63, 3.8) is 0 Å². The van der Waals surface area contributed by atoms with Gasteiger partial charge >= 0.3 is 0 Å². The second-order valence-electron chi connectivity index (χ2n) is 7.10. The van der Waals surface area contributed by atoms with Crippen LogP contribution in [0.4, 0.5) is 0 Å². The minimum atomic E-state index is 0. The van der Waals surface area contributed by atoms with Crippen molar-refractivity contribution >= 4 is 47.2 Å². The van der Waals surface area contributed by atoms with Crippen LogP contribution in [-0.2, 0) is 4.79 Å². The van der Waals surface area contributed by atoms with Crippen LogP contribution >= 0.6 is 35.3 Å². The largest absolute Gasteiger partial charge is 0.357 e. The smallest absolute Gasteiger partial charge is 0.234 e. The van der Waals surface area contributed by atoms with E-state index in [1.165, 1.54) is 4.88 Å². The topological polar surface area (TPSA) is 60.0 Å². The fourth-order valence-electron chi connectivity index (χ4n) is 3.00. The summed E-state index contributed by atoms with van der Waals surface area (Å²) in [4.78, 5) is 22.7. The third kappa shape index (κ3) is 8.35. The molecule has 154 valence electrons. The second kappa shape index (κ2) is 12.6. The van der Waals surface area contributed by atoms with E-state index in [1.54, 1.807) is 11.3 Å². The molecule has 0 aromatic carbocycles. The Balaban J connectivity index is 0.00000364. The number of hydrogen-bond donors (Lipinski definition) is 2. The molecule has 2 N–H and O–H groups in total. The number of carbonyl (C=O) groups excluding carboxylic acids is 1. The van der Waals surface area contributed by atoms with Crippen molar-refractivity contribution in [3.05, 3.63) is 22.4 Å². The van der Waals surface area contributed by atoms with Gasteiger partial charge in [0.1, 0.15) is 0 Å². The summed E-state index contributed by atoms with van der Waals surface area (Å²) in [6, 6.07) is 4.47. The minimum absolute atomic E-state index is 0. The lowest BCUT2D eigenvalue weighted by Gasteiger charge is -2.36. The van der Waals surface area contributed by atoms with Crippen LogP contribution in [0.1, 0.15) is 38.5 Å². The SMILES string of the molecule is CCNC(=NCC(C)c1cccs1)N1CCN(CC(=O)NC(C)C)CC1.I. The van der Waals surface area contributed by atoms with E-state index in [0.717, 1.165) is 45.2 Å². The molecule has 0 spiro atoms. The number of guanidine groups is 1. The Morgan fingerprint density at radius 1 is 1.26 bits per heavy atom. The van der Waals surface area contributed by atoms with Gasteiger partial charge in [-0.3, -0.25) is 14.7 Å². The van der Waals surface area contributed by atoms with Gasteiger partial charge in [-0.25, -0.2) is 0 Å². The van der Waals surface area contributed by atoms with Crippen molar-refractivity contribution < 1.29 is 4.79 Å². The third-order valence-electron chi connectivity index (χ3n) is 4.37. The lowest BCUT2D eigenvalue weighted by Crippen LogP contribution is -2.54. The lowest BCUT2D eigenvalue weighted by atomic mass is 10.1. The molecule has 2 rings (SSSR count). The first kappa shape index (κ1) is 24.2. The summed E-state index contributed by atoms with van der Waals surface area (Å²) in [5, 5.41) is 8.50. The van der Waals surface area contributed by atoms with E-state index in [1.807, 2.05) is 13.8 Å². The summed E-state index contributed by atoms with van der Waals surface area (Å²) in [6.45, 7) is 14.0. The zero-order valence-corrected chi connectivity index (χ0v) is 20.0. The zero-order chi connectivity index (χ0) is 18.9. The summed E-state index contributed by atoms with van der Waals surface area (Å²) in [7, 11) is 0. The molecule has 1 aromatic heterocycles. The molecule has 6 nitrogen and oxygen atoms in total. The number of hydrogen-bond acceptors (Lipinski definition) is 4. The van der Waals surface area contributed by atoms with Gasteiger partial charge in [-0.2, -0.15) is 0 Å². The molecule has 8 heteroatoms. The number of aliphatic imine (C=N–C) groups is 1. The molecule has 1 aromatic rings. The highest BCUT2D eigenvalue weighted by Crippen LogP contribution is 2.20. The maximum absolute atomic E-state index is 11.9. The molecule has 1 aliphatic rings. The quantitative estimate of drug-likeness (QED) is 0.339. The van der Waals surface area contributed by atoms with Crippen molar-refractivity contribution in [2.45, 2.75) is 39.7 Å². The maximum Gasteiger partial charge on any atom is 0.234 e. The molecular weight excluding hydrogens is 473 g/mol. The summed E-state index contributed by atoms with van der Waals surface area (Å²) in [5.41, 5.74) is 0.